The van der Waals surface area contributed by atoms with E-state index in [1.165, 1.54) is 0 Å². The van der Waals surface area contributed by atoms with Gasteiger partial charge in [-0.15, -0.1) is 0 Å². The van der Waals surface area contributed by atoms with Crippen LogP contribution in [0.5, 0.6) is 0 Å². The van der Waals surface area contributed by atoms with Crippen molar-refractivity contribution in [3.05, 3.63) is 0 Å². The minimum atomic E-state index is -2.18. The summed E-state index contributed by atoms with van der Waals surface area (Å²) in [5.41, 5.74) is 0. The van der Waals surface area contributed by atoms with E-state index in [-0.39, 0.29) is 0 Å². The van der Waals surface area contributed by atoms with Gasteiger partial charge in [0.05, 0.1) is 13.2 Å². The molecule has 0 aromatic rings. The van der Waals surface area contributed by atoms with Crippen LogP contribution in [0.4, 0.5) is 0 Å². The molecule has 3 rings (SSSR count). The van der Waals surface area contributed by atoms with Gasteiger partial charge in [0, 0.05) is 0 Å². The van der Waals surface area contributed by atoms with Crippen LogP contribution in [0.3, 0.4) is 0 Å². The number of carboxylic acids is 1. The molecule has 0 aromatic carbocycles. The molecular formula is C18H30O17. The molecule has 3 saturated heterocycles. The zero-order chi connectivity index (χ0) is 26.2. The highest BCUT2D eigenvalue weighted by Gasteiger charge is 2.55. The van der Waals surface area contributed by atoms with Gasteiger partial charge in [0.15, 0.2) is 25.0 Å². The summed E-state index contributed by atoms with van der Waals surface area (Å²) in [5.74, 6) is -1.73. The number of carbonyl (C=O) groups is 1. The van der Waals surface area contributed by atoms with Crippen molar-refractivity contribution in [2.24, 2.45) is 0 Å². The van der Waals surface area contributed by atoms with Crippen LogP contribution in [0, 0.1) is 0 Å². The summed E-state index contributed by atoms with van der Waals surface area (Å²) >= 11 is 0. The molecule has 0 aromatic heterocycles. The van der Waals surface area contributed by atoms with Gasteiger partial charge >= 0.3 is 5.97 Å². The number of aliphatic hydroxyl groups excluding tert-OH is 10. The molecular weight excluding hydrogens is 488 g/mol. The summed E-state index contributed by atoms with van der Waals surface area (Å²) < 4.78 is 26.0. The highest BCUT2D eigenvalue weighted by Crippen LogP contribution is 2.32. The van der Waals surface area contributed by atoms with Gasteiger partial charge in [-0.1, -0.05) is 0 Å². The first-order valence-electron chi connectivity index (χ1n) is 10.6. The van der Waals surface area contributed by atoms with E-state index in [9.17, 15) is 61.0 Å². The average Bonchev–Trinajstić information content (AvgIpc) is 2.82. The molecule has 3 heterocycles. The summed E-state index contributed by atoms with van der Waals surface area (Å²) in [7, 11) is 0. The molecule has 3 aliphatic rings. The Morgan fingerprint density at radius 2 is 1.03 bits per heavy atom. The Kier molecular flexibility index (Phi) is 9.35. The first-order valence-corrected chi connectivity index (χ1v) is 10.6. The summed E-state index contributed by atoms with van der Waals surface area (Å²) in [5, 5.41) is 109. The van der Waals surface area contributed by atoms with Crippen molar-refractivity contribution in [3.63, 3.8) is 0 Å². The molecule has 0 spiro atoms. The second kappa shape index (κ2) is 11.5. The molecule has 0 aliphatic carbocycles. The van der Waals surface area contributed by atoms with Crippen LogP contribution >= 0.6 is 0 Å². The van der Waals surface area contributed by atoms with Gasteiger partial charge in [0.2, 0.25) is 0 Å². The molecule has 204 valence electrons. The van der Waals surface area contributed by atoms with Gasteiger partial charge in [-0.3, -0.25) is 0 Å². The van der Waals surface area contributed by atoms with Crippen molar-refractivity contribution in [1.29, 1.82) is 0 Å². The lowest BCUT2D eigenvalue weighted by Gasteiger charge is -2.47. The fourth-order valence-electron chi connectivity index (χ4n) is 4.01. The molecule has 0 bridgehead atoms. The molecule has 1 unspecified atom stereocenters. The topological polar surface area (TPSA) is 286 Å². The maximum atomic E-state index is 11.5. The Morgan fingerprint density at radius 3 is 1.43 bits per heavy atom. The monoisotopic (exact) mass is 518 g/mol. The van der Waals surface area contributed by atoms with Crippen LogP contribution in [0.25, 0.3) is 0 Å². The number of rotatable bonds is 7. The van der Waals surface area contributed by atoms with Gasteiger partial charge in [-0.25, -0.2) is 4.79 Å². The SMILES string of the molecule is O=C(O)[C@H]1OC(O)[C@H](O[C@@H]2O[C@H](CO)[C@@H](O)[C@H](O)[C@H]2O)[C@@H](O[C@@H]2O[C@H](CO)[C@@H](O)[C@H](O)[C@H]2O)[C@@H]1O. The third-order valence-corrected chi connectivity index (χ3v) is 6.06. The first-order chi connectivity index (χ1) is 16.4. The maximum absolute atomic E-state index is 11.5. The van der Waals surface area contributed by atoms with Gasteiger partial charge in [0.25, 0.3) is 0 Å². The lowest BCUT2D eigenvalue weighted by molar-refractivity contribution is -0.384. The summed E-state index contributed by atoms with van der Waals surface area (Å²) in [6.45, 7) is -1.64. The second-order valence-corrected chi connectivity index (χ2v) is 8.37. The number of carboxylic acid groups (broad SMARTS) is 1. The largest absolute Gasteiger partial charge is 0.479 e. The highest BCUT2D eigenvalue weighted by molar-refractivity contribution is 5.73. The summed E-state index contributed by atoms with van der Waals surface area (Å²) in [6.07, 6.45) is -28.1. The van der Waals surface area contributed by atoms with Crippen LogP contribution in [0.1, 0.15) is 0 Å². The van der Waals surface area contributed by atoms with E-state index in [1.54, 1.807) is 0 Å². The fourth-order valence-corrected chi connectivity index (χ4v) is 4.01. The van der Waals surface area contributed by atoms with Gasteiger partial charge in [-0.2, -0.15) is 0 Å². The van der Waals surface area contributed by atoms with Crippen molar-refractivity contribution in [2.75, 3.05) is 13.2 Å². The van der Waals surface area contributed by atoms with Crippen molar-refractivity contribution < 1.29 is 84.7 Å². The normalized spacial score (nSPS) is 51.2. The number of aliphatic hydroxyl groups is 10. The van der Waals surface area contributed by atoms with Crippen LogP contribution in [-0.4, -0.2) is 167 Å². The predicted octanol–water partition coefficient (Wildman–Crippen LogP) is -7.48. The van der Waals surface area contributed by atoms with Crippen LogP contribution < -0.4 is 0 Å². The number of hydrogen-bond acceptors (Lipinski definition) is 16. The quantitative estimate of drug-likeness (QED) is 0.149. The maximum Gasteiger partial charge on any atom is 0.335 e. The third kappa shape index (κ3) is 5.59. The molecule has 0 saturated carbocycles. The van der Waals surface area contributed by atoms with E-state index in [0.29, 0.717) is 0 Å². The second-order valence-electron chi connectivity index (χ2n) is 8.37. The molecule has 35 heavy (non-hydrogen) atoms. The smallest absolute Gasteiger partial charge is 0.335 e. The van der Waals surface area contributed by atoms with Crippen molar-refractivity contribution in [3.8, 4) is 0 Å². The minimum Gasteiger partial charge on any atom is -0.479 e. The molecule has 0 amide bonds. The highest BCUT2D eigenvalue weighted by atomic mass is 16.8. The predicted molar refractivity (Wildman–Crippen MR) is 102 cm³/mol. The van der Waals surface area contributed by atoms with Crippen molar-refractivity contribution >= 4 is 5.97 Å². The number of hydrogen-bond donors (Lipinski definition) is 11. The molecule has 15 atom stereocenters. The van der Waals surface area contributed by atoms with E-state index in [0.717, 1.165) is 0 Å². The zero-order valence-corrected chi connectivity index (χ0v) is 17.9. The Bertz CT molecular complexity index is 707. The Hall–Kier alpha value is -1.13. The lowest BCUT2D eigenvalue weighted by atomic mass is 9.96. The molecule has 3 fully saturated rings. The molecule has 17 nitrogen and oxygen atoms in total. The lowest BCUT2D eigenvalue weighted by Crippen LogP contribution is -2.67. The van der Waals surface area contributed by atoms with Crippen molar-refractivity contribution in [2.45, 2.75) is 92.1 Å². The standard InChI is InChI=1S/C18H30O17/c19-1-3-5(21)7(23)9(25)17(31-3)34-12-11(27)13(15(28)29)33-16(30)14(12)35-18-10(26)8(24)6(22)4(2-20)32-18/h3-14,16-27,30H,1-2H2,(H,28,29)/t3-,4-,5-,6-,7+,8+,9-,10-,11+,12+,13+,14-,16?,17+,18+/m1/s1. The zero-order valence-electron chi connectivity index (χ0n) is 17.9. The van der Waals surface area contributed by atoms with E-state index < -0.39 is 111 Å². The average molecular weight is 518 g/mol. The van der Waals surface area contributed by atoms with E-state index in [1.807, 2.05) is 0 Å². The third-order valence-electron chi connectivity index (χ3n) is 6.06. The van der Waals surface area contributed by atoms with Crippen molar-refractivity contribution in [1.82, 2.24) is 0 Å². The number of ether oxygens (including phenoxy) is 5. The molecule has 3 aliphatic heterocycles. The van der Waals surface area contributed by atoms with Gasteiger partial charge in [0.1, 0.15) is 67.1 Å². The molecule has 11 N–H and O–H groups in total. The minimum absolute atomic E-state index is 0.816. The van der Waals surface area contributed by atoms with Gasteiger partial charge < -0.3 is 79.9 Å². The Morgan fingerprint density at radius 1 is 0.600 bits per heavy atom. The van der Waals surface area contributed by atoms with Crippen LogP contribution in [0.2, 0.25) is 0 Å². The van der Waals surface area contributed by atoms with Gasteiger partial charge in [-0.05, 0) is 0 Å². The van der Waals surface area contributed by atoms with E-state index in [4.69, 9.17) is 23.7 Å². The Balaban J connectivity index is 1.86. The fraction of sp³-hybridized carbons (Fsp3) is 0.944. The summed E-state index contributed by atoms with van der Waals surface area (Å²) in [6, 6.07) is 0. The van der Waals surface area contributed by atoms with Crippen LogP contribution in [0.15, 0.2) is 0 Å². The van der Waals surface area contributed by atoms with E-state index >= 15 is 0 Å². The first kappa shape index (κ1) is 28.4. The van der Waals surface area contributed by atoms with E-state index in [2.05, 4.69) is 0 Å². The molecule has 17 heteroatoms. The Labute approximate surface area is 196 Å². The number of aliphatic carboxylic acids is 1. The van der Waals surface area contributed by atoms with Crippen LogP contribution in [-0.2, 0) is 28.5 Å². The molecule has 0 radical (unpaired) electrons. The summed E-state index contributed by atoms with van der Waals surface area (Å²) in [4.78, 5) is 11.5.